The molecule has 0 aromatic heterocycles. The van der Waals surface area contributed by atoms with E-state index in [1.54, 1.807) is 0 Å². The summed E-state index contributed by atoms with van der Waals surface area (Å²) in [6.07, 6.45) is -0.443. The normalized spacial score (nSPS) is 20.2. The van der Waals surface area contributed by atoms with Crippen LogP contribution in [0.15, 0.2) is 48.5 Å². The number of carbonyl (C=O) groups excluding carboxylic acids is 1. The molecule has 0 aliphatic carbocycles. The van der Waals surface area contributed by atoms with Crippen LogP contribution in [0.2, 0.25) is 0 Å². The monoisotopic (exact) mass is 338 g/mol. The van der Waals surface area contributed by atoms with Gasteiger partial charge in [0.2, 0.25) is 0 Å². The second-order valence-electron chi connectivity index (χ2n) is 6.55. The Labute approximate surface area is 147 Å². The smallest absolute Gasteiger partial charge is 0.254 e. The molecule has 0 unspecified atom stereocenters. The van der Waals surface area contributed by atoms with Crippen molar-refractivity contribution in [3.05, 3.63) is 65.2 Å². The van der Waals surface area contributed by atoms with Crippen LogP contribution in [-0.2, 0) is 34.0 Å². The van der Waals surface area contributed by atoms with Crippen molar-refractivity contribution in [1.82, 2.24) is 4.90 Å². The van der Waals surface area contributed by atoms with Gasteiger partial charge in [-0.3, -0.25) is 9.69 Å². The predicted octanol–water partition coefficient (Wildman–Crippen LogP) is 2.56. The minimum Gasteiger partial charge on any atom is -0.372 e. The molecule has 2 heterocycles. The first-order valence-corrected chi connectivity index (χ1v) is 8.66. The van der Waals surface area contributed by atoms with E-state index < -0.39 is 6.10 Å². The summed E-state index contributed by atoms with van der Waals surface area (Å²) >= 11 is 0. The highest BCUT2D eigenvalue weighted by atomic mass is 16.5. The largest absolute Gasteiger partial charge is 0.372 e. The van der Waals surface area contributed by atoms with E-state index in [0.717, 1.165) is 24.3 Å². The SMILES string of the molecule is O=C(Nc1ccc2c(c1)COC2)[C@H]1CN(Cc2ccccc2)CCO1. The summed E-state index contributed by atoms with van der Waals surface area (Å²) in [5.41, 5.74) is 4.40. The standard InChI is InChI=1S/C20H22N2O3/c23-20(21-18-7-6-16-13-24-14-17(16)10-18)19-12-22(8-9-25-19)11-15-4-2-1-3-5-15/h1-7,10,19H,8-9,11-14H2,(H,21,23)/t19-/m1/s1. The fourth-order valence-electron chi connectivity index (χ4n) is 3.32. The van der Waals surface area contributed by atoms with E-state index in [1.807, 2.05) is 36.4 Å². The molecule has 2 aliphatic heterocycles. The molecule has 130 valence electrons. The van der Waals surface area contributed by atoms with Gasteiger partial charge in [-0.25, -0.2) is 0 Å². The van der Waals surface area contributed by atoms with Gasteiger partial charge in [-0.2, -0.15) is 0 Å². The molecule has 0 spiro atoms. The molecule has 1 N–H and O–H groups in total. The number of amides is 1. The first-order chi connectivity index (χ1) is 12.3. The zero-order chi connectivity index (χ0) is 17.1. The van der Waals surface area contributed by atoms with Gasteiger partial charge in [0.15, 0.2) is 0 Å². The molecular formula is C20H22N2O3. The number of hydrogen-bond acceptors (Lipinski definition) is 4. The molecule has 0 bridgehead atoms. The summed E-state index contributed by atoms with van der Waals surface area (Å²) in [6.45, 7) is 4.13. The molecule has 2 aliphatic rings. The lowest BCUT2D eigenvalue weighted by Gasteiger charge is -2.32. The van der Waals surface area contributed by atoms with Crippen LogP contribution in [0.1, 0.15) is 16.7 Å². The Hall–Kier alpha value is -2.21. The molecule has 4 rings (SSSR count). The Balaban J connectivity index is 1.36. The molecule has 2 aromatic carbocycles. The number of carbonyl (C=O) groups is 1. The number of hydrogen-bond donors (Lipinski definition) is 1. The Morgan fingerprint density at radius 1 is 1.12 bits per heavy atom. The highest BCUT2D eigenvalue weighted by Crippen LogP contribution is 2.23. The number of fused-ring (bicyclic) bond motifs is 1. The number of ether oxygens (including phenoxy) is 2. The minimum absolute atomic E-state index is 0.0865. The zero-order valence-corrected chi connectivity index (χ0v) is 14.1. The minimum atomic E-state index is -0.443. The zero-order valence-electron chi connectivity index (χ0n) is 14.1. The number of anilines is 1. The molecule has 0 radical (unpaired) electrons. The lowest BCUT2D eigenvalue weighted by molar-refractivity contribution is -0.133. The molecular weight excluding hydrogens is 316 g/mol. The maximum Gasteiger partial charge on any atom is 0.254 e. The maximum absolute atomic E-state index is 12.6. The topological polar surface area (TPSA) is 50.8 Å². The van der Waals surface area contributed by atoms with Crippen molar-refractivity contribution in [2.45, 2.75) is 25.9 Å². The fourth-order valence-corrected chi connectivity index (χ4v) is 3.32. The third-order valence-electron chi connectivity index (χ3n) is 4.68. The third kappa shape index (κ3) is 3.90. The van der Waals surface area contributed by atoms with Crippen LogP contribution in [0.3, 0.4) is 0 Å². The number of nitrogens with one attached hydrogen (secondary N) is 1. The molecule has 2 aromatic rings. The van der Waals surface area contributed by atoms with Gasteiger partial charge in [-0.1, -0.05) is 36.4 Å². The average Bonchev–Trinajstić information content (AvgIpc) is 3.10. The van der Waals surface area contributed by atoms with Crippen LogP contribution in [0, 0.1) is 0 Å². The van der Waals surface area contributed by atoms with E-state index in [-0.39, 0.29) is 5.91 Å². The van der Waals surface area contributed by atoms with Gasteiger partial charge < -0.3 is 14.8 Å². The Morgan fingerprint density at radius 3 is 2.84 bits per heavy atom. The van der Waals surface area contributed by atoms with Gasteiger partial charge in [0.1, 0.15) is 6.10 Å². The summed E-state index contributed by atoms with van der Waals surface area (Å²) < 4.78 is 11.1. The number of morpholine rings is 1. The number of benzene rings is 2. The van der Waals surface area contributed by atoms with E-state index >= 15 is 0 Å². The highest BCUT2D eigenvalue weighted by Gasteiger charge is 2.27. The lowest BCUT2D eigenvalue weighted by Crippen LogP contribution is -2.47. The number of rotatable bonds is 4. The molecule has 5 heteroatoms. The molecule has 1 atom stereocenters. The van der Waals surface area contributed by atoms with Gasteiger partial charge >= 0.3 is 0 Å². The van der Waals surface area contributed by atoms with Gasteiger partial charge in [0.05, 0.1) is 19.8 Å². The van der Waals surface area contributed by atoms with Crippen LogP contribution in [-0.4, -0.2) is 36.6 Å². The van der Waals surface area contributed by atoms with Crippen LogP contribution in [0.4, 0.5) is 5.69 Å². The Kier molecular flexibility index (Phi) is 4.78. The molecule has 5 nitrogen and oxygen atoms in total. The highest BCUT2D eigenvalue weighted by molar-refractivity contribution is 5.94. The van der Waals surface area contributed by atoms with E-state index in [9.17, 15) is 4.79 Å². The molecule has 25 heavy (non-hydrogen) atoms. The first kappa shape index (κ1) is 16.3. The van der Waals surface area contributed by atoms with E-state index in [1.165, 1.54) is 11.1 Å². The van der Waals surface area contributed by atoms with Gasteiger partial charge in [0.25, 0.3) is 5.91 Å². The summed E-state index contributed by atoms with van der Waals surface area (Å²) in [7, 11) is 0. The second-order valence-corrected chi connectivity index (χ2v) is 6.55. The Bertz CT molecular complexity index is 748. The van der Waals surface area contributed by atoms with Gasteiger partial charge in [-0.15, -0.1) is 0 Å². The molecule has 1 amide bonds. The van der Waals surface area contributed by atoms with Crippen molar-refractivity contribution < 1.29 is 14.3 Å². The molecule has 1 saturated heterocycles. The van der Waals surface area contributed by atoms with Crippen molar-refractivity contribution in [3.8, 4) is 0 Å². The summed E-state index contributed by atoms with van der Waals surface area (Å²) in [5, 5.41) is 2.98. The van der Waals surface area contributed by atoms with Crippen LogP contribution >= 0.6 is 0 Å². The van der Waals surface area contributed by atoms with Gasteiger partial charge in [-0.05, 0) is 28.8 Å². The fraction of sp³-hybridized carbons (Fsp3) is 0.350. The second kappa shape index (κ2) is 7.35. The summed E-state index contributed by atoms with van der Waals surface area (Å²) in [4.78, 5) is 14.8. The first-order valence-electron chi connectivity index (χ1n) is 8.66. The maximum atomic E-state index is 12.6. The molecule has 1 fully saturated rings. The summed E-state index contributed by atoms with van der Waals surface area (Å²) in [5.74, 6) is -0.0865. The average molecular weight is 338 g/mol. The molecule has 0 saturated carbocycles. The van der Waals surface area contributed by atoms with Crippen LogP contribution in [0.25, 0.3) is 0 Å². The van der Waals surface area contributed by atoms with Crippen molar-refractivity contribution in [2.75, 3.05) is 25.0 Å². The van der Waals surface area contributed by atoms with Crippen molar-refractivity contribution in [2.24, 2.45) is 0 Å². The van der Waals surface area contributed by atoms with Crippen molar-refractivity contribution in [1.29, 1.82) is 0 Å². The van der Waals surface area contributed by atoms with E-state index in [2.05, 4.69) is 22.3 Å². The van der Waals surface area contributed by atoms with E-state index in [4.69, 9.17) is 9.47 Å². The predicted molar refractivity (Wildman–Crippen MR) is 95.0 cm³/mol. The van der Waals surface area contributed by atoms with Crippen LogP contribution in [0.5, 0.6) is 0 Å². The van der Waals surface area contributed by atoms with Crippen LogP contribution < -0.4 is 5.32 Å². The van der Waals surface area contributed by atoms with E-state index in [0.29, 0.717) is 26.4 Å². The Morgan fingerprint density at radius 2 is 1.96 bits per heavy atom. The summed E-state index contributed by atoms with van der Waals surface area (Å²) in [6, 6.07) is 16.2. The van der Waals surface area contributed by atoms with Crippen molar-refractivity contribution in [3.63, 3.8) is 0 Å². The third-order valence-corrected chi connectivity index (χ3v) is 4.68. The number of nitrogens with zero attached hydrogens (tertiary/aromatic N) is 1. The van der Waals surface area contributed by atoms with Crippen molar-refractivity contribution >= 4 is 11.6 Å². The lowest BCUT2D eigenvalue weighted by atomic mass is 10.1. The quantitative estimate of drug-likeness (QED) is 0.931. The van der Waals surface area contributed by atoms with Gasteiger partial charge in [0, 0.05) is 25.3 Å².